The predicted octanol–water partition coefficient (Wildman–Crippen LogP) is -2.05. The Morgan fingerprint density at radius 3 is 2.62 bits per heavy atom. The maximum absolute atomic E-state index is 12.3. The number of hydrogen-bond acceptors (Lipinski definition) is 4. The van der Waals surface area contributed by atoms with Crippen molar-refractivity contribution >= 4 is 20.7 Å². The van der Waals surface area contributed by atoms with Crippen molar-refractivity contribution in [3.05, 3.63) is 40.4 Å². The lowest BCUT2D eigenvalue weighted by Gasteiger charge is -2.35. The molecule has 3 heterocycles. The van der Waals surface area contributed by atoms with Crippen molar-refractivity contribution in [1.82, 2.24) is 9.97 Å². The van der Waals surface area contributed by atoms with E-state index in [-0.39, 0.29) is 17.6 Å². The van der Waals surface area contributed by atoms with E-state index in [0.717, 1.165) is 43.9 Å². The molecule has 0 bridgehead atoms. The van der Waals surface area contributed by atoms with Crippen molar-refractivity contribution in [2.45, 2.75) is 25.4 Å². The summed E-state index contributed by atoms with van der Waals surface area (Å²) in [6, 6.07) is 7.78. The number of H-pyrrole nitrogens is 1. The summed E-state index contributed by atoms with van der Waals surface area (Å²) in [6.07, 6.45) is 0.794. The maximum atomic E-state index is 12.3. The molecule has 0 aliphatic carbocycles. The quantitative estimate of drug-likeness (QED) is 0.574. The molecule has 0 spiro atoms. The monoisotopic (exact) mass is 378 g/mol. The lowest BCUT2D eigenvalue weighted by atomic mass is 10.1. The molecule has 8 heteroatoms. The largest absolute Gasteiger partial charge is 0.322 e. The van der Waals surface area contributed by atoms with Gasteiger partial charge in [-0.15, -0.1) is 0 Å². The molecule has 3 N–H and O–H groups in total. The Labute approximate surface area is 152 Å². The number of sulfone groups is 1. The van der Waals surface area contributed by atoms with Gasteiger partial charge in [-0.1, -0.05) is 12.1 Å². The van der Waals surface area contributed by atoms with E-state index in [4.69, 9.17) is 0 Å². The first-order valence-corrected chi connectivity index (χ1v) is 11.1. The third-order valence-corrected chi connectivity index (χ3v) is 7.77. The molecule has 2 aromatic rings. The third kappa shape index (κ3) is 3.41. The molecule has 0 radical (unpaired) electrons. The minimum atomic E-state index is -2.82. The molecule has 4 rings (SSSR count). The third-order valence-electron chi connectivity index (χ3n) is 6.00. The summed E-state index contributed by atoms with van der Waals surface area (Å²) in [5.41, 5.74) is 0.648. The number of para-hydroxylation sites is 1. The molecular formula is C18H26N4O3S+2. The van der Waals surface area contributed by atoms with Crippen LogP contribution in [-0.4, -0.2) is 62.1 Å². The lowest BCUT2D eigenvalue weighted by Crippen LogP contribution is -3.29. The topological polar surface area (TPSA) is 88.8 Å². The Kier molecular flexibility index (Phi) is 4.58. The Morgan fingerprint density at radius 2 is 1.92 bits per heavy atom. The minimum Gasteiger partial charge on any atom is -0.322 e. The molecule has 2 atom stereocenters. The van der Waals surface area contributed by atoms with Gasteiger partial charge in [0.05, 0.1) is 16.7 Å². The smallest absolute Gasteiger partial charge is 0.258 e. The standard InChI is InChI=1S/C18H24N4O3S/c1-13(17-19-16-5-3-2-4-15(16)18(23)20-17)21-7-9-22(10-8-21)14-6-11-26(24,25)12-14/h2-5,13-14H,6-12H2,1H3,(H,19,20,23)/p+2/t13-,14+/m0/s1. The number of quaternary nitrogens is 2. The molecule has 2 aliphatic heterocycles. The fourth-order valence-electron chi connectivity index (χ4n) is 4.35. The Balaban J connectivity index is 1.45. The first kappa shape index (κ1) is 17.6. The van der Waals surface area contributed by atoms with Gasteiger partial charge in [-0.3, -0.25) is 4.79 Å². The number of aromatic nitrogens is 2. The second-order valence-electron chi connectivity index (χ2n) is 7.61. The van der Waals surface area contributed by atoms with E-state index in [9.17, 15) is 13.2 Å². The molecule has 0 saturated carbocycles. The van der Waals surface area contributed by atoms with Gasteiger partial charge in [-0.05, 0) is 19.1 Å². The van der Waals surface area contributed by atoms with Crippen LogP contribution < -0.4 is 15.4 Å². The average Bonchev–Trinajstić information content (AvgIpc) is 3.01. The minimum absolute atomic E-state index is 0.0859. The van der Waals surface area contributed by atoms with Gasteiger partial charge in [-0.2, -0.15) is 0 Å². The molecule has 1 aromatic carbocycles. The summed E-state index contributed by atoms with van der Waals surface area (Å²) in [6.45, 7) is 5.97. The number of nitrogens with one attached hydrogen (secondary N) is 3. The highest BCUT2D eigenvalue weighted by molar-refractivity contribution is 7.91. The normalized spacial score (nSPS) is 29.7. The summed E-state index contributed by atoms with van der Waals surface area (Å²) in [5, 5.41) is 0.621. The second kappa shape index (κ2) is 6.75. The zero-order valence-electron chi connectivity index (χ0n) is 15.0. The van der Waals surface area contributed by atoms with E-state index in [1.165, 1.54) is 9.80 Å². The summed E-state index contributed by atoms with van der Waals surface area (Å²) in [7, 11) is -2.82. The highest BCUT2D eigenvalue weighted by Gasteiger charge is 2.39. The summed E-state index contributed by atoms with van der Waals surface area (Å²) in [5.74, 6) is 1.42. The molecule has 0 amide bonds. The van der Waals surface area contributed by atoms with E-state index in [0.29, 0.717) is 16.9 Å². The number of rotatable bonds is 3. The fraction of sp³-hybridized carbons (Fsp3) is 0.556. The van der Waals surface area contributed by atoms with Crippen LogP contribution in [0.4, 0.5) is 0 Å². The van der Waals surface area contributed by atoms with Gasteiger partial charge in [0.15, 0.2) is 15.7 Å². The van der Waals surface area contributed by atoms with Crippen LogP contribution in [0.2, 0.25) is 0 Å². The van der Waals surface area contributed by atoms with Gasteiger partial charge in [0.1, 0.15) is 44.0 Å². The molecule has 7 nitrogen and oxygen atoms in total. The van der Waals surface area contributed by atoms with Gasteiger partial charge < -0.3 is 14.8 Å². The molecule has 2 aliphatic rings. The van der Waals surface area contributed by atoms with Crippen molar-refractivity contribution in [2.75, 3.05) is 37.7 Å². The van der Waals surface area contributed by atoms with Crippen molar-refractivity contribution in [2.24, 2.45) is 0 Å². The van der Waals surface area contributed by atoms with Gasteiger partial charge in [0.25, 0.3) is 5.56 Å². The molecule has 26 heavy (non-hydrogen) atoms. The lowest BCUT2D eigenvalue weighted by molar-refractivity contribution is -1.03. The number of hydrogen-bond donors (Lipinski definition) is 3. The van der Waals surface area contributed by atoms with E-state index in [1.807, 2.05) is 18.2 Å². The van der Waals surface area contributed by atoms with Gasteiger partial charge in [-0.25, -0.2) is 13.4 Å². The van der Waals surface area contributed by atoms with Crippen molar-refractivity contribution < 1.29 is 18.2 Å². The predicted molar refractivity (Wildman–Crippen MR) is 99.2 cm³/mol. The SMILES string of the molecule is C[C@@H](c1nc2ccccc2c(=O)[nH]1)[NH+]1CC[NH+]([C@@H]2CCS(=O)(=O)C2)CC1. The van der Waals surface area contributed by atoms with E-state index in [2.05, 4.69) is 16.9 Å². The Morgan fingerprint density at radius 1 is 1.19 bits per heavy atom. The zero-order valence-corrected chi connectivity index (χ0v) is 15.8. The first-order chi connectivity index (χ1) is 12.4. The van der Waals surface area contributed by atoms with Crippen LogP contribution in [0.3, 0.4) is 0 Å². The molecule has 1 aromatic heterocycles. The Bertz CT molecular complexity index is 964. The number of piperazine rings is 1. The van der Waals surface area contributed by atoms with Crippen molar-refractivity contribution in [1.29, 1.82) is 0 Å². The van der Waals surface area contributed by atoms with Crippen molar-refractivity contribution in [3.8, 4) is 0 Å². The molecule has 0 unspecified atom stereocenters. The number of fused-ring (bicyclic) bond motifs is 1. The number of benzene rings is 1. The van der Waals surface area contributed by atoms with Crippen molar-refractivity contribution in [3.63, 3.8) is 0 Å². The number of nitrogens with zero attached hydrogens (tertiary/aromatic N) is 1. The first-order valence-electron chi connectivity index (χ1n) is 9.31. The van der Waals surface area contributed by atoms with Crippen LogP contribution in [0.15, 0.2) is 29.1 Å². The zero-order chi connectivity index (χ0) is 18.3. The molecule has 2 fully saturated rings. The number of aromatic amines is 1. The fourth-order valence-corrected chi connectivity index (χ4v) is 6.18. The summed E-state index contributed by atoms with van der Waals surface area (Å²) >= 11 is 0. The van der Waals surface area contributed by atoms with Crippen LogP contribution in [0.1, 0.15) is 25.2 Å². The highest BCUT2D eigenvalue weighted by atomic mass is 32.2. The highest BCUT2D eigenvalue weighted by Crippen LogP contribution is 2.10. The maximum Gasteiger partial charge on any atom is 0.258 e. The molecular weight excluding hydrogens is 352 g/mol. The average molecular weight is 378 g/mol. The van der Waals surface area contributed by atoms with Crippen LogP contribution in [0.25, 0.3) is 10.9 Å². The van der Waals surface area contributed by atoms with E-state index in [1.54, 1.807) is 6.07 Å². The van der Waals surface area contributed by atoms with Gasteiger partial charge >= 0.3 is 0 Å². The van der Waals surface area contributed by atoms with Crippen LogP contribution in [0.5, 0.6) is 0 Å². The molecule has 2 saturated heterocycles. The van der Waals surface area contributed by atoms with Gasteiger partial charge in [0, 0.05) is 6.42 Å². The summed E-state index contributed by atoms with van der Waals surface area (Å²) in [4.78, 5) is 22.7. The van der Waals surface area contributed by atoms with Crippen LogP contribution in [0, 0.1) is 0 Å². The van der Waals surface area contributed by atoms with E-state index < -0.39 is 9.84 Å². The summed E-state index contributed by atoms with van der Waals surface area (Å²) < 4.78 is 23.4. The van der Waals surface area contributed by atoms with Crippen LogP contribution >= 0.6 is 0 Å². The Hall–Kier alpha value is -1.77. The second-order valence-corrected chi connectivity index (χ2v) is 9.84. The van der Waals surface area contributed by atoms with E-state index >= 15 is 0 Å². The van der Waals surface area contributed by atoms with Gasteiger partial charge in [0.2, 0.25) is 0 Å². The molecule has 140 valence electrons. The van der Waals surface area contributed by atoms with Crippen LogP contribution in [-0.2, 0) is 9.84 Å².